The molecule has 0 amide bonds. The van der Waals surface area contributed by atoms with E-state index >= 15 is 0 Å². The van der Waals surface area contributed by atoms with Crippen LogP contribution in [0.15, 0.2) is 38.2 Å². The number of aliphatic hydroxyl groups excluding tert-OH is 3. The number of benzene rings is 1. The van der Waals surface area contributed by atoms with Crippen LogP contribution in [0.4, 0.5) is 11.4 Å². The Bertz CT molecular complexity index is 965. The van der Waals surface area contributed by atoms with Crippen molar-refractivity contribution in [1.82, 2.24) is 0 Å². The number of isocyanates is 4. The van der Waals surface area contributed by atoms with Gasteiger partial charge in [0.1, 0.15) is 0 Å². The van der Waals surface area contributed by atoms with Crippen LogP contribution >= 0.6 is 0 Å². The number of rotatable bonds is 13. The Labute approximate surface area is 217 Å². The highest BCUT2D eigenvalue weighted by Crippen LogP contribution is 2.29. The molecule has 1 aromatic rings. The van der Waals surface area contributed by atoms with Crippen LogP contribution in [0.25, 0.3) is 0 Å². The van der Waals surface area contributed by atoms with E-state index in [1.54, 1.807) is 25.1 Å². The summed E-state index contributed by atoms with van der Waals surface area (Å²) in [7, 11) is 0. The second-order valence-electron chi connectivity index (χ2n) is 9.33. The van der Waals surface area contributed by atoms with Gasteiger partial charge in [-0.15, -0.1) is 0 Å². The Morgan fingerprint density at radius 2 is 1.46 bits per heavy atom. The summed E-state index contributed by atoms with van der Waals surface area (Å²) in [5.41, 5.74) is 1.16. The van der Waals surface area contributed by atoms with E-state index < -0.39 is 5.41 Å². The number of hydrogen-bond donors (Lipinski definition) is 3. The average molecular weight is 519 g/mol. The van der Waals surface area contributed by atoms with Gasteiger partial charge in [0.25, 0.3) is 0 Å². The zero-order valence-corrected chi connectivity index (χ0v) is 22.2. The molecule has 0 aliphatic rings. The summed E-state index contributed by atoms with van der Waals surface area (Å²) in [6.07, 6.45) is 8.30. The van der Waals surface area contributed by atoms with Gasteiger partial charge in [-0.2, -0.15) is 9.98 Å². The Kier molecular flexibility index (Phi) is 20.1. The average Bonchev–Trinajstić information content (AvgIpc) is 2.87. The van der Waals surface area contributed by atoms with Crippen molar-refractivity contribution in [2.45, 2.75) is 53.9 Å². The fraction of sp³-hybridized carbons (Fsp3) is 0.615. The van der Waals surface area contributed by atoms with Crippen LogP contribution in [-0.2, 0) is 19.2 Å². The van der Waals surface area contributed by atoms with E-state index in [1.165, 1.54) is 24.3 Å². The normalized spacial score (nSPS) is 10.9. The predicted octanol–water partition coefficient (Wildman–Crippen LogP) is 3.39. The third-order valence-electron chi connectivity index (χ3n) is 5.62. The molecule has 204 valence electrons. The molecule has 0 fully saturated rings. The van der Waals surface area contributed by atoms with Gasteiger partial charge in [-0.1, -0.05) is 33.8 Å². The molecule has 0 saturated heterocycles. The maximum Gasteiger partial charge on any atom is 0.240 e. The van der Waals surface area contributed by atoms with Gasteiger partial charge in [-0.05, 0) is 55.2 Å². The minimum absolute atomic E-state index is 0.109. The first-order valence-corrected chi connectivity index (χ1v) is 11.7. The molecule has 0 aliphatic carbocycles. The first-order valence-electron chi connectivity index (χ1n) is 11.7. The zero-order valence-electron chi connectivity index (χ0n) is 22.2. The smallest absolute Gasteiger partial charge is 0.240 e. The van der Waals surface area contributed by atoms with Gasteiger partial charge >= 0.3 is 0 Å². The largest absolute Gasteiger partial charge is 0.396 e. The molecule has 0 spiro atoms. The van der Waals surface area contributed by atoms with Gasteiger partial charge in [-0.3, -0.25) is 0 Å². The fourth-order valence-electron chi connectivity index (χ4n) is 3.08. The van der Waals surface area contributed by atoms with Crippen molar-refractivity contribution in [3.63, 3.8) is 0 Å². The third kappa shape index (κ3) is 16.8. The van der Waals surface area contributed by atoms with Crippen LogP contribution in [0.1, 0.15) is 52.5 Å². The Morgan fingerprint density at radius 3 is 1.89 bits per heavy atom. The second kappa shape index (κ2) is 20.8. The zero-order chi connectivity index (χ0) is 28.7. The van der Waals surface area contributed by atoms with Gasteiger partial charge in [-0.25, -0.2) is 29.2 Å². The van der Waals surface area contributed by atoms with Crippen molar-refractivity contribution in [3.8, 4) is 0 Å². The van der Waals surface area contributed by atoms with Gasteiger partial charge in [0, 0.05) is 5.41 Å². The van der Waals surface area contributed by atoms with Crippen LogP contribution in [0, 0.1) is 23.7 Å². The van der Waals surface area contributed by atoms with Crippen LogP contribution in [-0.4, -0.2) is 72.5 Å². The Morgan fingerprint density at radius 1 is 0.892 bits per heavy atom. The molecular weight excluding hydrogens is 480 g/mol. The number of hydrogen-bond acceptors (Lipinski definition) is 11. The van der Waals surface area contributed by atoms with Gasteiger partial charge in [0.2, 0.25) is 24.3 Å². The maximum absolute atomic E-state index is 10.00. The van der Waals surface area contributed by atoms with Gasteiger partial charge < -0.3 is 15.3 Å². The summed E-state index contributed by atoms with van der Waals surface area (Å²) in [5.74, 6) is 0.349. The van der Waals surface area contributed by atoms with Crippen molar-refractivity contribution in [3.05, 3.63) is 23.8 Å². The SMILES string of the molecule is CC(CN=C=O)CC(C)(C)CCN=C=O.CCC(CO)(CO)CO.Cc1ccc(N=C=O)cc1N=C=O. The minimum atomic E-state index is -0.667. The number of aliphatic hydroxyl groups is 3. The lowest BCUT2D eigenvalue weighted by molar-refractivity contribution is 0.00304. The number of carbonyl (C=O) groups excluding carboxylic acids is 4. The first kappa shape index (κ1) is 35.8. The molecule has 0 heterocycles. The van der Waals surface area contributed by atoms with Crippen LogP contribution in [0.5, 0.6) is 0 Å². The van der Waals surface area contributed by atoms with Crippen molar-refractivity contribution >= 4 is 35.7 Å². The molecule has 1 unspecified atom stereocenters. The predicted molar refractivity (Wildman–Crippen MR) is 139 cm³/mol. The van der Waals surface area contributed by atoms with Crippen molar-refractivity contribution in [2.24, 2.45) is 36.7 Å². The highest BCUT2D eigenvalue weighted by Gasteiger charge is 2.25. The van der Waals surface area contributed by atoms with Crippen molar-refractivity contribution < 1.29 is 34.5 Å². The molecule has 11 nitrogen and oxygen atoms in total. The molecule has 37 heavy (non-hydrogen) atoms. The van der Waals surface area contributed by atoms with E-state index in [9.17, 15) is 19.2 Å². The molecule has 0 saturated carbocycles. The lowest BCUT2D eigenvalue weighted by Crippen LogP contribution is -2.32. The van der Waals surface area contributed by atoms with Crippen molar-refractivity contribution in [1.29, 1.82) is 0 Å². The first-order chi connectivity index (χ1) is 17.5. The van der Waals surface area contributed by atoms with E-state index in [1.807, 2.05) is 13.8 Å². The van der Waals surface area contributed by atoms with Gasteiger partial charge in [0.05, 0.1) is 44.3 Å². The van der Waals surface area contributed by atoms with Crippen LogP contribution in [0.3, 0.4) is 0 Å². The standard InChI is InChI=1S/C11H18N2O2.C9H6N2O2.C6H14O3/c1-10(7-13-9-15)6-11(2,3)4-5-12-8-14;1-7-2-3-8(10-5-12)4-9(7)11-6-13;1-2-6(3-7,4-8)5-9/h10H,4-7H2,1-3H3;2-4H,1H3;7-9H,2-5H2,1H3. The monoisotopic (exact) mass is 518 g/mol. The van der Waals surface area contributed by atoms with E-state index in [-0.39, 0.29) is 25.2 Å². The van der Waals surface area contributed by atoms with E-state index in [2.05, 4.69) is 33.8 Å². The minimum Gasteiger partial charge on any atom is -0.396 e. The maximum atomic E-state index is 10.00. The Balaban J connectivity index is 0. The lowest BCUT2D eigenvalue weighted by atomic mass is 9.80. The molecule has 0 aliphatic heterocycles. The number of aliphatic imine (C=N–C) groups is 4. The number of nitrogens with zero attached hydrogens (tertiary/aromatic N) is 4. The van der Waals surface area contributed by atoms with Gasteiger partial charge in [0.15, 0.2) is 0 Å². The Hall–Kier alpha value is -3.38. The molecule has 3 N–H and O–H groups in total. The summed E-state index contributed by atoms with van der Waals surface area (Å²) in [5, 5.41) is 26.0. The molecule has 0 aromatic heterocycles. The second-order valence-corrected chi connectivity index (χ2v) is 9.33. The van der Waals surface area contributed by atoms with E-state index in [0.29, 0.717) is 36.8 Å². The molecular formula is C26H38N4O7. The number of aryl methyl sites for hydroxylation is 1. The van der Waals surface area contributed by atoms with Crippen molar-refractivity contribution in [2.75, 3.05) is 32.9 Å². The molecule has 1 aromatic carbocycles. The van der Waals surface area contributed by atoms with E-state index in [4.69, 9.17) is 15.3 Å². The topological polar surface area (TPSA) is 178 Å². The highest BCUT2D eigenvalue weighted by molar-refractivity contribution is 5.61. The summed E-state index contributed by atoms with van der Waals surface area (Å²) in [6.45, 7) is 10.5. The highest BCUT2D eigenvalue weighted by atomic mass is 16.3. The summed E-state index contributed by atoms with van der Waals surface area (Å²) < 4.78 is 0. The molecule has 0 bridgehead atoms. The summed E-state index contributed by atoms with van der Waals surface area (Å²) in [6, 6.07) is 4.88. The summed E-state index contributed by atoms with van der Waals surface area (Å²) in [4.78, 5) is 53.7. The quantitative estimate of drug-likeness (QED) is 0.264. The molecule has 11 heteroatoms. The molecule has 0 radical (unpaired) electrons. The van der Waals surface area contributed by atoms with Crippen LogP contribution < -0.4 is 0 Å². The molecule has 1 atom stereocenters. The molecule has 1 rings (SSSR count). The van der Waals surface area contributed by atoms with E-state index in [0.717, 1.165) is 18.4 Å². The lowest BCUT2D eigenvalue weighted by Gasteiger charge is -2.26. The third-order valence-corrected chi connectivity index (χ3v) is 5.62. The summed E-state index contributed by atoms with van der Waals surface area (Å²) >= 11 is 0. The fourth-order valence-corrected chi connectivity index (χ4v) is 3.08. The van der Waals surface area contributed by atoms with Crippen LogP contribution in [0.2, 0.25) is 0 Å².